The Hall–Kier alpha value is -5.71. The molecule has 0 N–H and O–H groups in total. The minimum atomic E-state index is -1.43. The Morgan fingerprint density at radius 1 is 0.354 bits per heavy atom. The summed E-state index contributed by atoms with van der Waals surface area (Å²) in [6.45, 7) is 7.09. The second-order valence-electron chi connectivity index (χ2n) is 13.4. The van der Waals surface area contributed by atoms with Crippen LogP contribution in [0.4, 0.5) is 0 Å². The smallest absolute Gasteiger partial charge is 0.164 e. The first kappa shape index (κ1) is 29.7. The van der Waals surface area contributed by atoms with Gasteiger partial charge in [-0.15, -0.1) is 0 Å². The maximum absolute atomic E-state index is 5.04. The molecule has 0 radical (unpaired) electrons. The second-order valence-corrected chi connectivity index (χ2v) is 18.4. The van der Waals surface area contributed by atoms with Crippen molar-refractivity contribution in [3.05, 3.63) is 158 Å². The molecule has 0 saturated heterocycles. The zero-order chi connectivity index (χ0) is 32.7. The van der Waals surface area contributed by atoms with Crippen LogP contribution in [0.2, 0.25) is 19.6 Å². The van der Waals surface area contributed by atoms with Crippen LogP contribution in [0.3, 0.4) is 0 Å². The van der Waals surface area contributed by atoms with Crippen molar-refractivity contribution in [3.8, 4) is 56.4 Å². The summed E-state index contributed by atoms with van der Waals surface area (Å²) in [5, 5.41) is 6.46. The lowest BCUT2D eigenvalue weighted by Crippen LogP contribution is -2.37. The highest BCUT2D eigenvalue weighted by atomic mass is 28.3. The molecule has 0 amide bonds. The van der Waals surface area contributed by atoms with Gasteiger partial charge in [-0.2, -0.15) is 0 Å². The monoisotopic (exact) mass is 633 g/mol. The zero-order valence-electron chi connectivity index (χ0n) is 27.4. The van der Waals surface area contributed by atoms with Gasteiger partial charge in [0.15, 0.2) is 17.5 Å². The lowest BCUT2D eigenvalue weighted by molar-refractivity contribution is 1.07. The highest BCUT2D eigenvalue weighted by Crippen LogP contribution is 2.37. The maximum atomic E-state index is 5.04. The molecule has 0 bridgehead atoms. The predicted molar refractivity (Wildman–Crippen MR) is 205 cm³/mol. The van der Waals surface area contributed by atoms with Gasteiger partial charge in [0.2, 0.25) is 0 Å². The van der Waals surface area contributed by atoms with Gasteiger partial charge in [-0.1, -0.05) is 164 Å². The van der Waals surface area contributed by atoms with Crippen LogP contribution >= 0.6 is 0 Å². The average Bonchev–Trinajstić information content (AvgIpc) is 3.14. The van der Waals surface area contributed by atoms with E-state index in [4.69, 9.17) is 15.0 Å². The van der Waals surface area contributed by atoms with E-state index in [9.17, 15) is 0 Å². The molecule has 0 atom stereocenters. The molecule has 0 fully saturated rings. The van der Waals surface area contributed by atoms with Gasteiger partial charge in [0, 0.05) is 16.7 Å². The van der Waals surface area contributed by atoms with Gasteiger partial charge >= 0.3 is 0 Å². The Balaban J connectivity index is 1.22. The van der Waals surface area contributed by atoms with E-state index in [0.29, 0.717) is 17.5 Å². The van der Waals surface area contributed by atoms with Gasteiger partial charge in [-0.05, 0) is 62.0 Å². The molecule has 230 valence electrons. The molecule has 0 aliphatic carbocycles. The first-order valence-corrected chi connectivity index (χ1v) is 19.9. The number of fused-ring (bicyclic) bond motifs is 3. The van der Waals surface area contributed by atoms with Gasteiger partial charge in [0.1, 0.15) is 0 Å². The molecular weight excluding hydrogens is 599 g/mol. The molecule has 4 heteroatoms. The largest absolute Gasteiger partial charge is 0.208 e. The number of nitrogens with zero attached hydrogens (tertiary/aromatic N) is 3. The van der Waals surface area contributed by atoms with Crippen LogP contribution in [0, 0.1) is 0 Å². The Morgan fingerprint density at radius 3 is 1.50 bits per heavy atom. The van der Waals surface area contributed by atoms with Gasteiger partial charge < -0.3 is 0 Å². The van der Waals surface area contributed by atoms with Crippen molar-refractivity contribution in [2.75, 3.05) is 0 Å². The molecular formula is C44H35N3Si. The van der Waals surface area contributed by atoms with Crippen LogP contribution in [-0.2, 0) is 0 Å². The van der Waals surface area contributed by atoms with Gasteiger partial charge in [-0.25, -0.2) is 15.0 Å². The molecule has 1 heterocycles. The van der Waals surface area contributed by atoms with Gasteiger partial charge in [-0.3, -0.25) is 0 Å². The summed E-state index contributed by atoms with van der Waals surface area (Å²) in [5.41, 5.74) is 7.59. The molecule has 3 nitrogen and oxygen atoms in total. The highest BCUT2D eigenvalue weighted by molar-refractivity contribution is 6.88. The van der Waals surface area contributed by atoms with Crippen molar-refractivity contribution >= 4 is 34.8 Å². The Bertz CT molecular complexity index is 2430. The second kappa shape index (κ2) is 12.1. The molecule has 7 aromatic carbocycles. The van der Waals surface area contributed by atoms with E-state index in [-0.39, 0.29) is 0 Å². The Morgan fingerprint density at radius 2 is 0.833 bits per heavy atom. The number of benzene rings is 7. The van der Waals surface area contributed by atoms with E-state index < -0.39 is 8.07 Å². The minimum absolute atomic E-state index is 0.659. The van der Waals surface area contributed by atoms with Crippen molar-refractivity contribution in [1.82, 2.24) is 15.0 Å². The SMILES string of the molecule is C[Si](C)(C)c1ccc(-c2nc(-c3ccccc3)nc(-c3cccc(-c4cccc(-c5cc6ccccc6c6ccccc56)c4)c3)n2)cc1. The van der Waals surface area contributed by atoms with Crippen molar-refractivity contribution in [2.24, 2.45) is 0 Å². The summed E-state index contributed by atoms with van der Waals surface area (Å²) in [4.78, 5) is 15.0. The lowest BCUT2D eigenvalue weighted by Gasteiger charge is -2.16. The minimum Gasteiger partial charge on any atom is -0.208 e. The molecule has 0 unspecified atom stereocenters. The summed E-state index contributed by atoms with van der Waals surface area (Å²) in [7, 11) is -1.43. The lowest BCUT2D eigenvalue weighted by atomic mass is 9.91. The molecule has 1 aromatic heterocycles. The van der Waals surface area contributed by atoms with Crippen LogP contribution in [0.1, 0.15) is 0 Å². The fourth-order valence-electron chi connectivity index (χ4n) is 6.47. The fourth-order valence-corrected chi connectivity index (χ4v) is 7.63. The van der Waals surface area contributed by atoms with Crippen LogP contribution in [0.25, 0.3) is 78.0 Å². The molecule has 0 saturated carbocycles. The topological polar surface area (TPSA) is 38.7 Å². The van der Waals surface area contributed by atoms with E-state index >= 15 is 0 Å². The van der Waals surface area contributed by atoms with Crippen LogP contribution in [0.15, 0.2) is 158 Å². The summed E-state index contributed by atoms with van der Waals surface area (Å²) in [5.74, 6) is 2.00. The first-order chi connectivity index (χ1) is 23.4. The van der Waals surface area contributed by atoms with E-state index in [2.05, 4.69) is 159 Å². The molecule has 0 aliphatic rings. The normalized spacial score (nSPS) is 11.6. The summed E-state index contributed by atoms with van der Waals surface area (Å²) in [6, 6.07) is 56.0. The van der Waals surface area contributed by atoms with E-state index in [0.717, 1.165) is 27.8 Å². The Labute approximate surface area is 282 Å². The van der Waals surface area contributed by atoms with Gasteiger partial charge in [0.25, 0.3) is 0 Å². The van der Waals surface area contributed by atoms with Crippen LogP contribution in [0.5, 0.6) is 0 Å². The molecule has 0 aliphatic heterocycles. The number of aromatic nitrogens is 3. The number of hydrogen-bond donors (Lipinski definition) is 0. The van der Waals surface area contributed by atoms with E-state index in [1.54, 1.807) is 0 Å². The first-order valence-electron chi connectivity index (χ1n) is 16.4. The highest BCUT2D eigenvalue weighted by Gasteiger charge is 2.18. The summed E-state index contributed by atoms with van der Waals surface area (Å²) in [6.07, 6.45) is 0. The summed E-state index contributed by atoms with van der Waals surface area (Å²) >= 11 is 0. The standard InChI is InChI=1S/C44H35N3Si/c1-48(2,3)37-25-23-31(24-26-37)43-45-42(30-13-5-4-6-14-30)46-44(47-43)36-19-12-17-33(28-36)32-16-11-18-34(27-32)41-29-35-15-7-8-20-38(35)39-21-9-10-22-40(39)41/h4-29H,1-3H3. The molecule has 0 spiro atoms. The predicted octanol–water partition coefficient (Wildman–Crippen LogP) is 11.1. The maximum Gasteiger partial charge on any atom is 0.164 e. The molecule has 8 rings (SSSR count). The fraction of sp³-hybridized carbons (Fsp3) is 0.0682. The average molecular weight is 634 g/mol. The van der Waals surface area contributed by atoms with Crippen LogP contribution in [-0.4, -0.2) is 23.0 Å². The third-order valence-electron chi connectivity index (χ3n) is 9.07. The van der Waals surface area contributed by atoms with Crippen molar-refractivity contribution < 1.29 is 0 Å². The van der Waals surface area contributed by atoms with E-state index in [1.165, 1.54) is 37.9 Å². The summed E-state index contributed by atoms with van der Waals surface area (Å²) < 4.78 is 0. The number of hydrogen-bond acceptors (Lipinski definition) is 3. The van der Waals surface area contributed by atoms with Crippen molar-refractivity contribution in [2.45, 2.75) is 19.6 Å². The van der Waals surface area contributed by atoms with Gasteiger partial charge in [0.05, 0.1) is 8.07 Å². The quantitative estimate of drug-likeness (QED) is 0.135. The van der Waals surface area contributed by atoms with Crippen molar-refractivity contribution in [3.63, 3.8) is 0 Å². The molecule has 8 aromatic rings. The number of rotatable bonds is 6. The molecule has 48 heavy (non-hydrogen) atoms. The third-order valence-corrected chi connectivity index (χ3v) is 11.1. The van der Waals surface area contributed by atoms with E-state index in [1.807, 2.05) is 18.2 Å². The van der Waals surface area contributed by atoms with Crippen molar-refractivity contribution in [1.29, 1.82) is 0 Å². The third kappa shape index (κ3) is 5.72. The Kier molecular flexibility index (Phi) is 7.51. The van der Waals surface area contributed by atoms with Crippen LogP contribution < -0.4 is 5.19 Å². The zero-order valence-corrected chi connectivity index (χ0v) is 28.4.